The predicted octanol–water partition coefficient (Wildman–Crippen LogP) is 6.41. The second-order valence-electron chi connectivity index (χ2n) is 8.80. The molecule has 37 heavy (non-hydrogen) atoms. The summed E-state index contributed by atoms with van der Waals surface area (Å²) in [6.07, 6.45) is 1.81. The smallest absolute Gasteiger partial charge is 0.303 e. The topological polar surface area (TPSA) is 87.7 Å². The van der Waals surface area contributed by atoms with Crippen LogP contribution in [0.4, 0.5) is 14.5 Å². The van der Waals surface area contributed by atoms with Crippen molar-refractivity contribution in [2.24, 2.45) is 0 Å². The molecule has 0 aromatic heterocycles. The van der Waals surface area contributed by atoms with E-state index in [9.17, 15) is 18.4 Å². The molecule has 3 rings (SSSR count). The van der Waals surface area contributed by atoms with Crippen molar-refractivity contribution in [3.8, 4) is 11.5 Å². The molecular formula is C29H30F2N2O4. The van der Waals surface area contributed by atoms with Crippen molar-refractivity contribution in [3.05, 3.63) is 94.6 Å². The van der Waals surface area contributed by atoms with Gasteiger partial charge in [-0.15, -0.1) is 0 Å². The number of aliphatic carboxylic acids is 1. The monoisotopic (exact) mass is 508 g/mol. The normalized spacial score (nSPS) is 12.1. The van der Waals surface area contributed by atoms with Gasteiger partial charge in [0.05, 0.1) is 6.04 Å². The van der Waals surface area contributed by atoms with Crippen LogP contribution in [0.3, 0.4) is 0 Å². The first-order valence-electron chi connectivity index (χ1n) is 11.8. The number of anilines is 1. The Balaban J connectivity index is 1.73. The molecule has 0 bridgehead atoms. The van der Waals surface area contributed by atoms with Crippen LogP contribution in [0, 0.1) is 18.6 Å². The van der Waals surface area contributed by atoms with Crippen molar-refractivity contribution >= 4 is 23.1 Å². The molecule has 6 nitrogen and oxygen atoms in total. The van der Waals surface area contributed by atoms with Gasteiger partial charge in [0.2, 0.25) is 5.91 Å². The number of carboxylic acids is 1. The van der Waals surface area contributed by atoms with E-state index >= 15 is 0 Å². The van der Waals surface area contributed by atoms with Gasteiger partial charge in [0.25, 0.3) is 0 Å². The van der Waals surface area contributed by atoms with Crippen LogP contribution in [0.1, 0.15) is 48.6 Å². The summed E-state index contributed by atoms with van der Waals surface area (Å²) in [6.45, 7) is 5.29. The summed E-state index contributed by atoms with van der Waals surface area (Å²) in [5.41, 5.74) is 4.10. The van der Waals surface area contributed by atoms with Crippen LogP contribution in [-0.4, -0.2) is 24.0 Å². The molecule has 1 amide bonds. The van der Waals surface area contributed by atoms with E-state index in [-0.39, 0.29) is 12.2 Å². The third-order valence-electron chi connectivity index (χ3n) is 5.93. The van der Waals surface area contributed by atoms with Gasteiger partial charge in [-0.2, -0.15) is 0 Å². The van der Waals surface area contributed by atoms with Crippen molar-refractivity contribution in [2.75, 3.05) is 12.4 Å². The first-order valence-corrected chi connectivity index (χ1v) is 11.8. The third kappa shape index (κ3) is 7.64. The van der Waals surface area contributed by atoms with Gasteiger partial charge in [0, 0.05) is 36.9 Å². The molecule has 0 aliphatic carbocycles. The van der Waals surface area contributed by atoms with Gasteiger partial charge in [-0.05, 0) is 91.9 Å². The zero-order valence-corrected chi connectivity index (χ0v) is 21.2. The van der Waals surface area contributed by atoms with E-state index in [0.29, 0.717) is 34.6 Å². The quantitative estimate of drug-likeness (QED) is 0.276. The van der Waals surface area contributed by atoms with Crippen LogP contribution < -0.4 is 15.4 Å². The number of carbonyl (C=O) groups excluding carboxylic acids is 1. The standard InChI is InChI=1S/C29H30F2N2O4/c1-17-11-24(8-5-20(17)6-10-29(35)36)37-25-14-21(13-23(31)15-25)19(3)33-28(34)12-18(2)26-16-22(30)7-9-27(26)32-4/h5,7-9,11-16,19,32H,6,10H2,1-4H3,(H,33,34)(H,35,36)/b18-12+. The molecule has 0 saturated carbocycles. The Hall–Kier alpha value is -4.20. The molecule has 3 N–H and O–H groups in total. The maximum absolute atomic E-state index is 14.4. The molecule has 1 atom stereocenters. The minimum atomic E-state index is -0.865. The summed E-state index contributed by atoms with van der Waals surface area (Å²) < 4.78 is 34.0. The molecule has 0 radical (unpaired) electrons. The largest absolute Gasteiger partial charge is 0.481 e. The fourth-order valence-electron chi connectivity index (χ4n) is 3.96. The Kier molecular flexibility index (Phi) is 9.00. The van der Waals surface area contributed by atoms with E-state index in [4.69, 9.17) is 9.84 Å². The van der Waals surface area contributed by atoms with E-state index < -0.39 is 29.6 Å². The van der Waals surface area contributed by atoms with Crippen LogP contribution in [-0.2, 0) is 16.0 Å². The number of carbonyl (C=O) groups is 2. The van der Waals surface area contributed by atoms with E-state index in [0.717, 1.165) is 11.1 Å². The number of rotatable bonds is 10. The Morgan fingerprint density at radius 3 is 2.46 bits per heavy atom. The molecule has 3 aromatic rings. The lowest BCUT2D eigenvalue weighted by Gasteiger charge is -2.16. The molecule has 194 valence electrons. The maximum atomic E-state index is 14.4. The first kappa shape index (κ1) is 27.4. The van der Waals surface area contributed by atoms with E-state index in [2.05, 4.69) is 10.6 Å². The fraction of sp³-hybridized carbons (Fsp3) is 0.241. The number of hydrogen-bond acceptors (Lipinski definition) is 4. The SMILES string of the molecule is CNc1ccc(F)cc1/C(C)=C/C(=O)NC(C)c1cc(F)cc(Oc2ccc(CCC(=O)O)c(C)c2)c1. The van der Waals surface area contributed by atoms with E-state index in [1.165, 1.54) is 30.3 Å². The van der Waals surface area contributed by atoms with Crippen LogP contribution in [0.15, 0.2) is 60.7 Å². The molecule has 0 heterocycles. The molecule has 3 aromatic carbocycles. The fourth-order valence-corrected chi connectivity index (χ4v) is 3.96. The minimum Gasteiger partial charge on any atom is -0.481 e. The van der Waals surface area contributed by atoms with Gasteiger partial charge in [0.15, 0.2) is 0 Å². The highest BCUT2D eigenvalue weighted by Crippen LogP contribution is 2.28. The number of amides is 1. The number of benzene rings is 3. The molecule has 1 unspecified atom stereocenters. The third-order valence-corrected chi connectivity index (χ3v) is 5.93. The molecule has 0 aliphatic rings. The number of carboxylic acid groups (broad SMARTS) is 1. The van der Waals surface area contributed by atoms with Crippen molar-refractivity contribution in [2.45, 2.75) is 39.7 Å². The average Bonchev–Trinajstić information content (AvgIpc) is 2.82. The summed E-state index contributed by atoms with van der Waals surface area (Å²) in [5, 5.41) is 14.7. The highest BCUT2D eigenvalue weighted by molar-refractivity contribution is 5.96. The van der Waals surface area contributed by atoms with Gasteiger partial charge in [-0.1, -0.05) is 6.07 Å². The number of hydrogen-bond donors (Lipinski definition) is 3. The number of allylic oxidation sites excluding steroid dienone is 1. The number of aryl methyl sites for hydroxylation is 2. The lowest BCUT2D eigenvalue weighted by molar-refractivity contribution is -0.137. The second-order valence-corrected chi connectivity index (χ2v) is 8.80. The summed E-state index contributed by atoms with van der Waals surface area (Å²) in [5.74, 6) is -1.45. The van der Waals surface area contributed by atoms with Gasteiger partial charge >= 0.3 is 5.97 Å². The zero-order valence-electron chi connectivity index (χ0n) is 21.2. The highest BCUT2D eigenvalue weighted by Gasteiger charge is 2.14. The van der Waals surface area contributed by atoms with Gasteiger partial charge < -0.3 is 20.5 Å². The Morgan fingerprint density at radius 1 is 1.03 bits per heavy atom. The minimum absolute atomic E-state index is 0.0332. The van der Waals surface area contributed by atoms with Gasteiger partial charge in [-0.3, -0.25) is 9.59 Å². The summed E-state index contributed by atoms with van der Waals surface area (Å²) in [6, 6.07) is 13.2. The Bertz CT molecular complexity index is 1340. The average molecular weight is 509 g/mol. The number of nitrogens with one attached hydrogen (secondary N) is 2. The van der Waals surface area contributed by atoms with Crippen molar-refractivity contribution < 1.29 is 28.2 Å². The van der Waals surface area contributed by atoms with Gasteiger partial charge in [-0.25, -0.2) is 8.78 Å². The second kappa shape index (κ2) is 12.2. The zero-order chi connectivity index (χ0) is 27.1. The molecule has 8 heteroatoms. The summed E-state index contributed by atoms with van der Waals surface area (Å²) >= 11 is 0. The first-order chi connectivity index (χ1) is 17.5. The van der Waals surface area contributed by atoms with Crippen LogP contribution >= 0.6 is 0 Å². The van der Waals surface area contributed by atoms with Crippen molar-refractivity contribution in [1.29, 1.82) is 0 Å². The molecule has 0 aliphatic heterocycles. The molecular weight excluding hydrogens is 478 g/mol. The van der Waals surface area contributed by atoms with E-state index in [1.807, 2.05) is 6.92 Å². The lowest BCUT2D eigenvalue weighted by atomic mass is 10.0. The molecule has 0 fully saturated rings. The Morgan fingerprint density at radius 2 is 1.78 bits per heavy atom. The highest BCUT2D eigenvalue weighted by atomic mass is 19.1. The number of halogens is 2. The van der Waals surface area contributed by atoms with Crippen LogP contribution in [0.25, 0.3) is 5.57 Å². The van der Waals surface area contributed by atoms with Gasteiger partial charge in [0.1, 0.15) is 23.1 Å². The number of ether oxygens (including phenoxy) is 1. The summed E-state index contributed by atoms with van der Waals surface area (Å²) in [4.78, 5) is 23.5. The van der Waals surface area contributed by atoms with Crippen molar-refractivity contribution in [1.82, 2.24) is 5.32 Å². The van der Waals surface area contributed by atoms with Crippen LogP contribution in [0.5, 0.6) is 11.5 Å². The van der Waals surface area contributed by atoms with Crippen LogP contribution in [0.2, 0.25) is 0 Å². The van der Waals surface area contributed by atoms with E-state index in [1.54, 1.807) is 51.2 Å². The maximum Gasteiger partial charge on any atom is 0.303 e. The summed E-state index contributed by atoms with van der Waals surface area (Å²) in [7, 11) is 1.71. The Labute approximate surface area is 215 Å². The lowest BCUT2D eigenvalue weighted by Crippen LogP contribution is -2.25. The molecule has 0 spiro atoms. The molecule has 0 saturated heterocycles. The predicted molar refractivity (Wildman–Crippen MR) is 140 cm³/mol. The van der Waals surface area contributed by atoms with Crippen molar-refractivity contribution in [3.63, 3.8) is 0 Å².